The second-order valence-corrected chi connectivity index (χ2v) is 6.94. The van der Waals surface area contributed by atoms with Crippen molar-refractivity contribution in [1.29, 1.82) is 0 Å². The van der Waals surface area contributed by atoms with Gasteiger partial charge in [-0.15, -0.1) is 0 Å². The lowest BCUT2D eigenvalue weighted by Gasteiger charge is -2.21. The molecule has 0 spiro atoms. The molecule has 1 amide bonds. The molecule has 3 nitrogen and oxygen atoms in total. The Balaban J connectivity index is 3.10. The number of amides is 1. The summed E-state index contributed by atoms with van der Waals surface area (Å²) in [5, 5.41) is 7.08. The maximum atomic E-state index is 12.1. The van der Waals surface area contributed by atoms with E-state index in [2.05, 4.69) is 43.2 Å². The van der Waals surface area contributed by atoms with Crippen molar-refractivity contribution in [2.75, 3.05) is 0 Å². The van der Waals surface area contributed by atoms with Crippen LogP contribution < -0.4 is 10.6 Å². The summed E-state index contributed by atoms with van der Waals surface area (Å²) in [4.78, 5) is 12.1. The van der Waals surface area contributed by atoms with Crippen LogP contribution in [0.15, 0.2) is 77.1 Å². The maximum absolute atomic E-state index is 12.1. The van der Waals surface area contributed by atoms with Crippen molar-refractivity contribution in [1.82, 2.24) is 10.6 Å². The van der Waals surface area contributed by atoms with Crippen LogP contribution in [0, 0.1) is 0 Å². The number of benzene rings is 1. The molecule has 1 aromatic carbocycles. The average Bonchev–Trinajstić information content (AvgIpc) is 2.67. The number of halogens is 1. The van der Waals surface area contributed by atoms with E-state index < -0.39 is 0 Å². The van der Waals surface area contributed by atoms with Gasteiger partial charge in [-0.05, 0) is 44.4 Å². The quantitative estimate of drug-likeness (QED) is 0.375. The highest BCUT2D eigenvalue weighted by atomic mass is 35.5. The third-order valence-electron chi connectivity index (χ3n) is 4.08. The van der Waals surface area contributed by atoms with Gasteiger partial charge in [0.15, 0.2) is 0 Å². The first-order valence-corrected chi connectivity index (χ1v) is 9.79. The van der Waals surface area contributed by atoms with Crippen LogP contribution in [0.5, 0.6) is 0 Å². The van der Waals surface area contributed by atoms with Gasteiger partial charge >= 0.3 is 0 Å². The molecule has 1 aromatic rings. The first kappa shape index (κ1) is 22.8. The van der Waals surface area contributed by atoms with E-state index in [9.17, 15) is 4.79 Å². The Kier molecular flexibility index (Phi) is 10.3. The molecule has 0 aliphatic heterocycles. The molecule has 1 unspecified atom stereocenters. The third-order valence-corrected chi connectivity index (χ3v) is 4.36. The van der Waals surface area contributed by atoms with Gasteiger partial charge in [-0.3, -0.25) is 4.79 Å². The van der Waals surface area contributed by atoms with E-state index in [1.54, 1.807) is 13.0 Å². The fourth-order valence-corrected chi connectivity index (χ4v) is 2.62. The van der Waals surface area contributed by atoms with Crippen LogP contribution in [0.4, 0.5) is 0 Å². The Morgan fingerprint density at radius 3 is 2.41 bits per heavy atom. The lowest BCUT2D eigenvalue weighted by Crippen LogP contribution is -2.28. The molecule has 1 atom stereocenters. The van der Waals surface area contributed by atoms with Gasteiger partial charge in [0.1, 0.15) is 0 Å². The van der Waals surface area contributed by atoms with Crippen molar-refractivity contribution >= 4 is 17.5 Å². The minimum absolute atomic E-state index is 0.155. The second kappa shape index (κ2) is 12.2. The molecule has 1 rings (SSSR count). The molecule has 4 heteroatoms. The summed E-state index contributed by atoms with van der Waals surface area (Å²) in [6.45, 7) is 11.6. The van der Waals surface area contributed by atoms with E-state index in [1.807, 2.05) is 37.3 Å². The predicted molar refractivity (Wildman–Crippen MR) is 116 cm³/mol. The Morgan fingerprint density at radius 1 is 1.19 bits per heavy atom. The van der Waals surface area contributed by atoms with E-state index in [-0.39, 0.29) is 11.9 Å². The number of hydrogen-bond donors (Lipinski definition) is 2. The molecule has 0 saturated carbocycles. The van der Waals surface area contributed by atoms with Gasteiger partial charge in [-0.1, -0.05) is 74.9 Å². The summed E-state index contributed by atoms with van der Waals surface area (Å²) in [6.07, 6.45) is 8.48. The third kappa shape index (κ3) is 8.31. The number of carbonyl (C=O) groups is 1. The molecular formula is C23H31ClN2O. The number of hydrogen-bond acceptors (Lipinski definition) is 2. The maximum Gasteiger partial charge on any atom is 0.250 e. The Bertz CT molecular complexity index is 717. The van der Waals surface area contributed by atoms with Crippen molar-refractivity contribution in [3.05, 3.63) is 82.7 Å². The van der Waals surface area contributed by atoms with Gasteiger partial charge in [0.05, 0.1) is 11.7 Å². The Morgan fingerprint density at radius 2 is 1.85 bits per heavy atom. The predicted octanol–water partition coefficient (Wildman–Crippen LogP) is 6.13. The van der Waals surface area contributed by atoms with Crippen LogP contribution in [0.1, 0.15) is 58.6 Å². The van der Waals surface area contributed by atoms with Crippen LogP contribution >= 0.6 is 11.6 Å². The van der Waals surface area contributed by atoms with E-state index in [0.717, 1.165) is 25.0 Å². The highest BCUT2D eigenvalue weighted by molar-refractivity contribution is 6.31. The summed E-state index contributed by atoms with van der Waals surface area (Å²) in [5.41, 5.74) is 3.21. The van der Waals surface area contributed by atoms with E-state index in [1.165, 1.54) is 5.56 Å². The van der Waals surface area contributed by atoms with Crippen molar-refractivity contribution in [3.8, 4) is 0 Å². The minimum Gasteiger partial charge on any atom is -0.380 e. The number of unbranched alkanes of at least 4 members (excludes halogenated alkanes) is 1. The summed E-state index contributed by atoms with van der Waals surface area (Å²) >= 11 is 6.24. The molecule has 0 radical (unpaired) electrons. The molecule has 0 heterocycles. The molecule has 0 aromatic heterocycles. The van der Waals surface area contributed by atoms with Crippen molar-refractivity contribution in [2.24, 2.45) is 0 Å². The van der Waals surface area contributed by atoms with Gasteiger partial charge in [0.25, 0.3) is 5.91 Å². The van der Waals surface area contributed by atoms with Crippen LogP contribution in [0.25, 0.3) is 0 Å². The summed E-state index contributed by atoms with van der Waals surface area (Å²) in [7, 11) is 0. The topological polar surface area (TPSA) is 41.1 Å². The largest absolute Gasteiger partial charge is 0.380 e. The van der Waals surface area contributed by atoms with Gasteiger partial charge < -0.3 is 10.6 Å². The average molecular weight is 387 g/mol. The van der Waals surface area contributed by atoms with Crippen LogP contribution in [0.3, 0.4) is 0 Å². The first-order valence-electron chi connectivity index (χ1n) is 9.41. The monoisotopic (exact) mass is 386 g/mol. The highest BCUT2D eigenvalue weighted by Crippen LogP contribution is 2.19. The number of rotatable bonds is 10. The van der Waals surface area contributed by atoms with Gasteiger partial charge in [0.2, 0.25) is 0 Å². The molecule has 0 aliphatic rings. The normalized spacial score (nSPS) is 13.9. The number of allylic oxidation sites excluding steroid dienone is 5. The van der Waals surface area contributed by atoms with Crippen molar-refractivity contribution in [2.45, 2.75) is 53.0 Å². The van der Waals surface area contributed by atoms with Gasteiger partial charge in [0, 0.05) is 16.3 Å². The lowest BCUT2D eigenvalue weighted by atomic mass is 10.0. The summed E-state index contributed by atoms with van der Waals surface area (Å²) in [6, 6.07) is 10.4. The molecular weight excluding hydrogens is 356 g/mol. The van der Waals surface area contributed by atoms with Gasteiger partial charge in [-0.2, -0.15) is 0 Å². The van der Waals surface area contributed by atoms with Crippen molar-refractivity contribution < 1.29 is 4.79 Å². The SMILES string of the molecule is C=C(C)C(=O)NC(/C=C\C(Cl)=C\CCC)=C(/C)NC(CC)c1ccccc1. The zero-order chi connectivity index (χ0) is 20.2. The number of nitrogens with one attached hydrogen (secondary N) is 2. The van der Waals surface area contributed by atoms with Crippen LogP contribution in [-0.4, -0.2) is 5.91 Å². The first-order chi connectivity index (χ1) is 12.9. The highest BCUT2D eigenvalue weighted by Gasteiger charge is 2.12. The Hall–Kier alpha value is -2.26. The van der Waals surface area contributed by atoms with Crippen molar-refractivity contribution in [3.63, 3.8) is 0 Å². The minimum atomic E-state index is -0.211. The van der Waals surface area contributed by atoms with E-state index in [4.69, 9.17) is 11.6 Å². The van der Waals surface area contributed by atoms with Gasteiger partial charge in [-0.25, -0.2) is 0 Å². The zero-order valence-electron chi connectivity index (χ0n) is 16.8. The number of carbonyl (C=O) groups excluding carboxylic acids is 1. The molecule has 0 bridgehead atoms. The molecule has 146 valence electrons. The smallest absolute Gasteiger partial charge is 0.250 e. The summed E-state index contributed by atoms with van der Waals surface area (Å²) in [5.74, 6) is -0.211. The molecule has 2 N–H and O–H groups in total. The fraction of sp³-hybridized carbons (Fsp3) is 0.348. The van der Waals surface area contributed by atoms with Crippen LogP contribution in [-0.2, 0) is 4.79 Å². The zero-order valence-corrected chi connectivity index (χ0v) is 17.6. The van der Waals surface area contributed by atoms with Crippen LogP contribution in [0.2, 0.25) is 0 Å². The molecule has 0 saturated heterocycles. The second-order valence-electron chi connectivity index (χ2n) is 6.50. The Labute approximate surface area is 168 Å². The van der Waals surface area contributed by atoms with E-state index >= 15 is 0 Å². The molecule has 0 fully saturated rings. The fourth-order valence-electron chi connectivity index (χ4n) is 2.45. The lowest BCUT2D eigenvalue weighted by molar-refractivity contribution is -0.116. The van der Waals surface area contributed by atoms with E-state index in [0.29, 0.717) is 16.3 Å². The standard InChI is InChI=1S/C23H31ClN2O/c1-6-8-14-20(24)15-16-22(26-23(27)17(3)4)18(5)25-21(7-2)19-12-10-9-11-13-19/h9-16,21,25H,3,6-8H2,1-2,4-5H3,(H,26,27)/b16-15-,20-14-,22-18-. The summed E-state index contributed by atoms with van der Waals surface area (Å²) < 4.78 is 0. The molecule has 0 aliphatic carbocycles. The molecule has 27 heavy (non-hydrogen) atoms.